The van der Waals surface area contributed by atoms with E-state index in [1.165, 1.54) is 16.4 Å². The summed E-state index contributed by atoms with van der Waals surface area (Å²) < 4.78 is 4.31. The van der Waals surface area contributed by atoms with Crippen LogP contribution in [0.2, 0.25) is 0 Å². The number of anilines is 1. The number of nitrogens with one attached hydrogen (secondary N) is 1. The highest BCUT2D eigenvalue weighted by atomic mass is 32.2. The smallest absolute Gasteiger partial charge is 0.202 e. The molecule has 0 atom stereocenters. The van der Waals surface area contributed by atoms with E-state index in [1.807, 2.05) is 17.8 Å². The minimum Gasteiger partial charge on any atom is -0.359 e. The fourth-order valence-electron chi connectivity index (χ4n) is 1.38. The van der Waals surface area contributed by atoms with Gasteiger partial charge in [0.15, 0.2) is 0 Å². The molecule has 96 valence electrons. The molecule has 0 aliphatic rings. The molecule has 1 aromatic carbocycles. The predicted octanol–water partition coefficient (Wildman–Crippen LogP) is 3.87. The Bertz CT molecular complexity index is 468. The van der Waals surface area contributed by atoms with Gasteiger partial charge < -0.3 is 5.32 Å². The number of benzene rings is 1. The molecule has 0 saturated carbocycles. The molecule has 2 aromatic rings. The van der Waals surface area contributed by atoms with Gasteiger partial charge in [0.05, 0.1) is 0 Å². The van der Waals surface area contributed by atoms with Crippen molar-refractivity contribution in [2.75, 3.05) is 17.6 Å². The van der Waals surface area contributed by atoms with Crippen LogP contribution in [0, 0.1) is 0 Å². The van der Waals surface area contributed by atoms with E-state index >= 15 is 0 Å². The predicted molar refractivity (Wildman–Crippen MR) is 79.7 cm³/mol. The lowest BCUT2D eigenvalue weighted by atomic mass is 10.2. The summed E-state index contributed by atoms with van der Waals surface area (Å²) in [5.74, 6) is 2.36. The van der Waals surface area contributed by atoms with E-state index in [0.29, 0.717) is 5.92 Å². The molecule has 3 nitrogen and oxygen atoms in total. The quantitative estimate of drug-likeness (QED) is 0.643. The fraction of sp³-hybridized carbons (Fsp3) is 0.385. The lowest BCUT2D eigenvalue weighted by Crippen LogP contribution is -2.03. The molecule has 0 fully saturated rings. The zero-order valence-corrected chi connectivity index (χ0v) is 12.2. The average Bonchev–Trinajstić information content (AvgIpc) is 2.85. The molecule has 2 rings (SSSR count). The lowest BCUT2D eigenvalue weighted by molar-refractivity contribution is 0.799. The molecule has 1 N–H and O–H groups in total. The number of nitrogens with zero attached hydrogens (tertiary/aromatic N) is 2. The number of rotatable bonds is 6. The van der Waals surface area contributed by atoms with Gasteiger partial charge in [0, 0.05) is 34.6 Å². The molecule has 0 saturated heterocycles. The third-order valence-corrected chi connectivity index (χ3v) is 4.05. The van der Waals surface area contributed by atoms with E-state index in [4.69, 9.17) is 0 Å². The molecule has 0 unspecified atom stereocenters. The molecular weight excluding hydrogens is 262 g/mol. The summed E-state index contributed by atoms with van der Waals surface area (Å²) in [6, 6.07) is 10.4. The first-order chi connectivity index (χ1) is 8.75. The Balaban J connectivity index is 1.72. The van der Waals surface area contributed by atoms with Crippen LogP contribution in [0.15, 0.2) is 35.2 Å². The first-order valence-corrected chi connectivity index (χ1v) is 7.77. The van der Waals surface area contributed by atoms with Gasteiger partial charge in [-0.2, -0.15) is 4.37 Å². The van der Waals surface area contributed by atoms with E-state index in [9.17, 15) is 0 Å². The molecule has 1 aromatic heterocycles. The third kappa shape index (κ3) is 3.99. The van der Waals surface area contributed by atoms with Gasteiger partial charge in [-0.15, -0.1) is 11.8 Å². The zero-order valence-electron chi connectivity index (χ0n) is 10.6. The SMILES string of the molecule is CC(C)c1nsc(NCCSc2ccccc2)n1. The summed E-state index contributed by atoms with van der Waals surface area (Å²) in [6.07, 6.45) is 0. The van der Waals surface area contributed by atoms with Gasteiger partial charge in [-0.05, 0) is 12.1 Å². The molecule has 0 spiro atoms. The number of hydrogen-bond acceptors (Lipinski definition) is 5. The van der Waals surface area contributed by atoms with E-state index < -0.39 is 0 Å². The second-order valence-electron chi connectivity index (χ2n) is 4.20. The largest absolute Gasteiger partial charge is 0.359 e. The second-order valence-corrected chi connectivity index (χ2v) is 6.12. The summed E-state index contributed by atoms with van der Waals surface area (Å²) >= 11 is 3.29. The summed E-state index contributed by atoms with van der Waals surface area (Å²) in [4.78, 5) is 5.75. The highest BCUT2D eigenvalue weighted by molar-refractivity contribution is 7.99. The normalized spacial score (nSPS) is 10.8. The summed E-state index contributed by atoms with van der Waals surface area (Å²) in [7, 11) is 0. The van der Waals surface area contributed by atoms with Crippen molar-refractivity contribution in [3.05, 3.63) is 36.2 Å². The molecule has 1 heterocycles. The van der Waals surface area contributed by atoms with Crippen molar-refractivity contribution in [3.8, 4) is 0 Å². The summed E-state index contributed by atoms with van der Waals surface area (Å²) in [6.45, 7) is 5.13. The molecule has 0 bridgehead atoms. The number of thioether (sulfide) groups is 1. The first kappa shape index (κ1) is 13.4. The van der Waals surface area contributed by atoms with Crippen molar-refractivity contribution in [1.82, 2.24) is 9.36 Å². The number of hydrogen-bond donors (Lipinski definition) is 1. The van der Waals surface area contributed by atoms with Gasteiger partial charge in [0.25, 0.3) is 0 Å². The van der Waals surface area contributed by atoms with Crippen molar-refractivity contribution in [2.24, 2.45) is 0 Å². The zero-order chi connectivity index (χ0) is 12.8. The van der Waals surface area contributed by atoms with Gasteiger partial charge in [-0.1, -0.05) is 32.0 Å². The van der Waals surface area contributed by atoms with Gasteiger partial charge in [-0.25, -0.2) is 4.98 Å². The van der Waals surface area contributed by atoms with Crippen molar-refractivity contribution in [2.45, 2.75) is 24.7 Å². The Morgan fingerprint density at radius 1 is 1.28 bits per heavy atom. The van der Waals surface area contributed by atoms with Crippen LogP contribution in [-0.4, -0.2) is 21.7 Å². The van der Waals surface area contributed by atoms with Crippen LogP contribution in [-0.2, 0) is 0 Å². The van der Waals surface area contributed by atoms with Crippen LogP contribution >= 0.6 is 23.3 Å². The Morgan fingerprint density at radius 3 is 2.72 bits per heavy atom. The Hall–Kier alpha value is -1.07. The lowest BCUT2D eigenvalue weighted by Gasteiger charge is -2.02. The van der Waals surface area contributed by atoms with Crippen molar-refractivity contribution in [3.63, 3.8) is 0 Å². The topological polar surface area (TPSA) is 37.8 Å². The Labute approximate surface area is 116 Å². The monoisotopic (exact) mass is 279 g/mol. The molecule has 0 aliphatic heterocycles. The van der Waals surface area contributed by atoms with Gasteiger partial charge in [0.1, 0.15) is 5.82 Å². The molecule has 18 heavy (non-hydrogen) atoms. The van der Waals surface area contributed by atoms with Crippen molar-refractivity contribution >= 4 is 28.4 Å². The van der Waals surface area contributed by atoms with E-state index in [0.717, 1.165) is 23.3 Å². The highest BCUT2D eigenvalue weighted by Crippen LogP contribution is 2.19. The van der Waals surface area contributed by atoms with Gasteiger partial charge in [-0.3, -0.25) is 0 Å². The number of aromatic nitrogens is 2. The minimum absolute atomic E-state index is 0.399. The van der Waals surface area contributed by atoms with E-state index in [2.05, 4.69) is 52.8 Å². The van der Waals surface area contributed by atoms with Crippen LogP contribution in [0.4, 0.5) is 5.13 Å². The fourth-order valence-corrected chi connectivity index (χ4v) is 2.91. The van der Waals surface area contributed by atoms with Crippen LogP contribution in [0.25, 0.3) is 0 Å². The maximum absolute atomic E-state index is 4.44. The summed E-state index contributed by atoms with van der Waals surface area (Å²) in [5.41, 5.74) is 0. The van der Waals surface area contributed by atoms with Crippen LogP contribution in [0.3, 0.4) is 0 Å². The van der Waals surface area contributed by atoms with Gasteiger partial charge >= 0.3 is 0 Å². The third-order valence-electron chi connectivity index (χ3n) is 2.35. The molecule has 0 amide bonds. The average molecular weight is 279 g/mol. The van der Waals surface area contributed by atoms with Crippen molar-refractivity contribution in [1.29, 1.82) is 0 Å². The maximum Gasteiger partial charge on any atom is 0.202 e. The first-order valence-electron chi connectivity index (χ1n) is 6.01. The van der Waals surface area contributed by atoms with Crippen LogP contribution < -0.4 is 5.32 Å². The molecule has 5 heteroatoms. The van der Waals surface area contributed by atoms with E-state index in [1.54, 1.807) is 0 Å². The van der Waals surface area contributed by atoms with Gasteiger partial charge in [0.2, 0.25) is 5.13 Å². The van der Waals surface area contributed by atoms with E-state index in [-0.39, 0.29) is 0 Å². The highest BCUT2D eigenvalue weighted by Gasteiger charge is 2.06. The Morgan fingerprint density at radius 2 is 2.06 bits per heavy atom. The van der Waals surface area contributed by atoms with Crippen LogP contribution in [0.5, 0.6) is 0 Å². The standard InChI is InChI=1S/C13H17N3S2/c1-10(2)12-15-13(18-16-12)14-8-9-17-11-6-4-3-5-7-11/h3-7,10H,8-9H2,1-2H3,(H,14,15,16). The second kappa shape index (κ2) is 6.75. The van der Waals surface area contributed by atoms with Crippen LogP contribution in [0.1, 0.15) is 25.6 Å². The summed E-state index contributed by atoms with van der Waals surface area (Å²) in [5, 5.41) is 4.24. The molecular formula is C13H17N3S2. The maximum atomic E-state index is 4.44. The van der Waals surface area contributed by atoms with Crippen molar-refractivity contribution < 1.29 is 0 Å². The Kier molecular flexibility index (Phi) is 5.01. The molecule has 0 aliphatic carbocycles. The molecule has 0 radical (unpaired) electrons. The minimum atomic E-state index is 0.399.